The van der Waals surface area contributed by atoms with E-state index in [1.165, 1.54) is 18.4 Å². The highest BCUT2D eigenvalue weighted by atomic mass is 79.9. The fraction of sp³-hybridized carbons (Fsp3) is 0.0667. The first-order chi connectivity index (χ1) is 10.7. The van der Waals surface area contributed by atoms with E-state index in [2.05, 4.69) is 31.4 Å². The Labute approximate surface area is 139 Å². The van der Waals surface area contributed by atoms with Gasteiger partial charge in [0.15, 0.2) is 11.5 Å². The predicted octanol–water partition coefficient (Wildman–Crippen LogP) is 4.22. The largest absolute Gasteiger partial charge is 0.503 e. The Morgan fingerprint density at radius 3 is 2.91 bits per heavy atom. The van der Waals surface area contributed by atoms with Crippen LogP contribution < -0.4 is 10.2 Å². The lowest BCUT2D eigenvalue weighted by molar-refractivity contribution is 0.372. The van der Waals surface area contributed by atoms with Crippen LogP contribution in [-0.2, 0) is 0 Å². The maximum atomic E-state index is 9.93. The van der Waals surface area contributed by atoms with E-state index in [1.807, 2.05) is 24.3 Å². The summed E-state index contributed by atoms with van der Waals surface area (Å²) in [4.78, 5) is 4.42. The molecule has 5 nitrogen and oxygen atoms in total. The molecule has 22 heavy (non-hydrogen) atoms. The minimum atomic E-state index is 0.0476. The first kappa shape index (κ1) is 14.8. The number of rotatable bonds is 4. The molecular weight excluding hydrogens is 366 g/mol. The van der Waals surface area contributed by atoms with E-state index in [4.69, 9.17) is 4.74 Å². The molecule has 0 aliphatic carbocycles. The zero-order chi connectivity index (χ0) is 15.5. The van der Waals surface area contributed by atoms with Gasteiger partial charge in [-0.15, -0.1) is 0 Å². The van der Waals surface area contributed by atoms with E-state index in [0.29, 0.717) is 15.4 Å². The van der Waals surface area contributed by atoms with Crippen molar-refractivity contribution < 1.29 is 9.84 Å². The normalized spacial score (nSPS) is 11.2. The second kappa shape index (κ2) is 6.33. The van der Waals surface area contributed by atoms with Crippen molar-refractivity contribution in [1.29, 1.82) is 0 Å². The molecule has 0 aliphatic rings. The summed E-state index contributed by atoms with van der Waals surface area (Å²) in [5.41, 5.74) is 4.57. The molecule has 0 amide bonds. The van der Waals surface area contributed by atoms with Gasteiger partial charge in [-0.05, 0) is 40.2 Å². The molecule has 3 rings (SSSR count). The summed E-state index contributed by atoms with van der Waals surface area (Å²) >= 11 is 4.85. The lowest BCUT2D eigenvalue weighted by atomic mass is 10.2. The van der Waals surface area contributed by atoms with Gasteiger partial charge in [-0.3, -0.25) is 5.43 Å². The van der Waals surface area contributed by atoms with Gasteiger partial charge in [0.05, 0.1) is 28.0 Å². The molecule has 2 aromatic carbocycles. The number of hydrogen-bond acceptors (Lipinski definition) is 6. The topological polar surface area (TPSA) is 66.7 Å². The van der Waals surface area contributed by atoms with Crippen molar-refractivity contribution in [2.24, 2.45) is 5.10 Å². The summed E-state index contributed by atoms with van der Waals surface area (Å²) in [5.74, 6) is 0.453. The number of anilines is 1. The Morgan fingerprint density at radius 1 is 1.32 bits per heavy atom. The van der Waals surface area contributed by atoms with Crippen LogP contribution in [0.2, 0.25) is 0 Å². The average Bonchev–Trinajstić information content (AvgIpc) is 2.94. The molecule has 0 bridgehead atoms. The number of aromatic hydroxyl groups is 1. The van der Waals surface area contributed by atoms with Crippen LogP contribution in [0.1, 0.15) is 5.56 Å². The molecule has 0 saturated carbocycles. The molecule has 1 heterocycles. The SMILES string of the molecule is COc1ccc(/C=N\Nc2nc3ccccc3s2)c(Br)c1O. The van der Waals surface area contributed by atoms with E-state index >= 15 is 0 Å². The Hall–Kier alpha value is -2.12. The van der Waals surface area contributed by atoms with Crippen LogP contribution >= 0.6 is 27.3 Å². The number of ether oxygens (including phenoxy) is 1. The molecule has 7 heteroatoms. The molecule has 3 aromatic rings. The number of thiazole rings is 1. The third kappa shape index (κ3) is 2.90. The van der Waals surface area contributed by atoms with Gasteiger partial charge in [0.25, 0.3) is 0 Å². The number of para-hydroxylation sites is 1. The second-order valence-electron chi connectivity index (χ2n) is 4.38. The molecule has 0 atom stereocenters. The number of hydrogen-bond donors (Lipinski definition) is 2. The van der Waals surface area contributed by atoms with Crippen molar-refractivity contribution >= 4 is 48.8 Å². The van der Waals surface area contributed by atoms with Crippen LogP contribution in [0.3, 0.4) is 0 Å². The highest BCUT2D eigenvalue weighted by molar-refractivity contribution is 9.10. The standard InChI is InChI=1S/C15H12BrN3O2S/c1-21-11-7-6-9(13(16)14(11)20)8-17-19-15-18-10-4-2-3-5-12(10)22-15/h2-8,20H,1H3,(H,18,19)/b17-8-. The molecule has 0 saturated heterocycles. The summed E-state index contributed by atoms with van der Waals surface area (Å²) in [6, 6.07) is 11.4. The van der Waals surface area contributed by atoms with Crippen LogP contribution in [0.4, 0.5) is 5.13 Å². The third-order valence-electron chi connectivity index (χ3n) is 2.99. The van der Waals surface area contributed by atoms with Gasteiger partial charge in [0.2, 0.25) is 5.13 Å². The number of nitrogens with one attached hydrogen (secondary N) is 1. The maximum Gasteiger partial charge on any atom is 0.204 e. The van der Waals surface area contributed by atoms with Crippen molar-refractivity contribution in [3.63, 3.8) is 0 Å². The van der Waals surface area contributed by atoms with Gasteiger partial charge < -0.3 is 9.84 Å². The quantitative estimate of drug-likeness (QED) is 0.527. The number of benzene rings is 2. The van der Waals surface area contributed by atoms with Gasteiger partial charge >= 0.3 is 0 Å². The number of aromatic nitrogens is 1. The molecule has 0 spiro atoms. The molecule has 112 valence electrons. The summed E-state index contributed by atoms with van der Waals surface area (Å²) in [7, 11) is 1.50. The third-order valence-corrected chi connectivity index (χ3v) is 4.76. The number of nitrogens with zero attached hydrogens (tertiary/aromatic N) is 2. The lowest BCUT2D eigenvalue weighted by Gasteiger charge is -2.06. The van der Waals surface area contributed by atoms with Crippen LogP contribution in [0.5, 0.6) is 11.5 Å². The number of fused-ring (bicyclic) bond motifs is 1. The highest BCUT2D eigenvalue weighted by Crippen LogP contribution is 2.35. The van der Waals surface area contributed by atoms with Crippen molar-refractivity contribution in [3.05, 3.63) is 46.4 Å². The lowest BCUT2D eigenvalue weighted by Crippen LogP contribution is -1.92. The summed E-state index contributed by atoms with van der Waals surface area (Å²) in [6.45, 7) is 0. The van der Waals surface area contributed by atoms with E-state index in [-0.39, 0.29) is 5.75 Å². The van der Waals surface area contributed by atoms with Gasteiger partial charge in [0, 0.05) is 5.56 Å². The Bertz CT molecular complexity index is 815. The van der Waals surface area contributed by atoms with Gasteiger partial charge in [0.1, 0.15) is 0 Å². The van der Waals surface area contributed by atoms with Gasteiger partial charge in [-0.25, -0.2) is 4.98 Å². The van der Waals surface area contributed by atoms with E-state index in [0.717, 1.165) is 15.8 Å². The average molecular weight is 378 g/mol. The van der Waals surface area contributed by atoms with Crippen molar-refractivity contribution in [3.8, 4) is 11.5 Å². The fourth-order valence-electron chi connectivity index (χ4n) is 1.90. The van der Waals surface area contributed by atoms with Gasteiger partial charge in [-0.2, -0.15) is 5.10 Å². The zero-order valence-electron chi connectivity index (χ0n) is 11.6. The van der Waals surface area contributed by atoms with Crippen molar-refractivity contribution in [1.82, 2.24) is 4.98 Å². The van der Waals surface area contributed by atoms with Crippen molar-refractivity contribution in [2.75, 3.05) is 12.5 Å². The van der Waals surface area contributed by atoms with Crippen LogP contribution in [0.15, 0.2) is 46.0 Å². The van der Waals surface area contributed by atoms with E-state index < -0.39 is 0 Å². The van der Waals surface area contributed by atoms with E-state index in [1.54, 1.807) is 18.3 Å². The minimum Gasteiger partial charge on any atom is -0.503 e. The van der Waals surface area contributed by atoms with Crippen LogP contribution in [0, 0.1) is 0 Å². The van der Waals surface area contributed by atoms with Crippen molar-refractivity contribution in [2.45, 2.75) is 0 Å². The smallest absolute Gasteiger partial charge is 0.204 e. The molecular formula is C15H12BrN3O2S. The molecule has 1 aromatic heterocycles. The van der Waals surface area contributed by atoms with Crippen LogP contribution in [0.25, 0.3) is 10.2 Å². The van der Waals surface area contributed by atoms with E-state index in [9.17, 15) is 5.11 Å². The monoisotopic (exact) mass is 377 g/mol. The highest BCUT2D eigenvalue weighted by Gasteiger charge is 2.09. The Balaban J connectivity index is 1.78. The van der Waals surface area contributed by atoms with Gasteiger partial charge in [-0.1, -0.05) is 23.5 Å². The predicted molar refractivity (Wildman–Crippen MR) is 93.2 cm³/mol. The fourth-order valence-corrected chi connectivity index (χ4v) is 3.15. The first-order valence-corrected chi connectivity index (χ1v) is 8.00. The van der Waals surface area contributed by atoms with Crippen LogP contribution in [-0.4, -0.2) is 23.4 Å². The molecule has 0 radical (unpaired) electrons. The Kier molecular flexibility index (Phi) is 4.26. The minimum absolute atomic E-state index is 0.0476. The number of hydrazone groups is 1. The number of halogens is 1. The number of phenols is 1. The molecule has 0 unspecified atom stereocenters. The Morgan fingerprint density at radius 2 is 2.14 bits per heavy atom. The number of methoxy groups -OCH3 is 1. The number of phenolic OH excluding ortho intramolecular Hbond substituents is 1. The molecule has 0 fully saturated rings. The molecule has 0 aliphatic heterocycles. The second-order valence-corrected chi connectivity index (χ2v) is 6.20. The first-order valence-electron chi connectivity index (χ1n) is 6.39. The summed E-state index contributed by atoms with van der Waals surface area (Å²) in [6.07, 6.45) is 1.61. The summed E-state index contributed by atoms with van der Waals surface area (Å²) in [5, 5.41) is 14.8. The zero-order valence-corrected chi connectivity index (χ0v) is 14.0. The maximum absolute atomic E-state index is 9.93. The summed E-state index contributed by atoms with van der Waals surface area (Å²) < 4.78 is 6.67. The molecule has 2 N–H and O–H groups in total.